The van der Waals surface area contributed by atoms with Gasteiger partial charge in [0.05, 0.1) is 18.3 Å². The molecule has 0 aliphatic rings. The van der Waals surface area contributed by atoms with Gasteiger partial charge >= 0.3 is 5.97 Å². The average Bonchev–Trinajstić information content (AvgIpc) is 2.34. The number of aryl methyl sites for hydroxylation is 1. The Morgan fingerprint density at radius 1 is 1.32 bits per heavy atom. The monoisotopic (exact) mass is 268 g/mol. The van der Waals surface area contributed by atoms with E-state index in [1.54, 1.807) is 13.0 Å². The first-order valence-electron chi connectivity index (χ1n) is 6.16. The summed E-state index contributed by atoms with van der Waals surface area (Å²) in [6, 6.07) is 4.60. The lowest BCUT2D eigenvalue weighted by Gasteiger charge is -2.15. The minimum Gasteiger partial charge on any atom is -0.491 e. The van der Waals surface area contributed by atoms with Crippen LogP contribution in [0.4, 0.5) is 0 Å². The van der Waals surface area contributed by atoms with Crippen LogP contribution in [0.3, 0.4) is 0 Å². The van der Waals surface area contributed by atoms with Gasteiger partial charge < -0.3 is 19.7 Å². The molecule has 0 radical (unpaired) electrons. The molecule has 1 rings (SSSR count). The zero-order valence-electron chi connectivity index (χ0n) is 11.4. The van der Waals surface area contributed by atoms with Crippen LogP contribution in [0.15, 0.2) is 18.2 Å². The van der Waals surface area contributed by atoms with Crippen molar-refractivity contribution < 1.29 is 24.5 Å². The molecule has 2 N–H and O–H groups in total. The Morgan fingerprint density at radius 2 is 2.00 bits per heavy atom. The van der Waals surface area contributed by atoms with E-state index in [9.17, 15) is 9.90 Å². The Balaban J connectivity index is 2.51. The van der Waals surface area contributed by atoms with Crippen LogP contribution in [0, 0.1) is 6.92 Å². The van der Waals surface area contributed by atoms with Gasteiger partial charge in [-0.2, -0.15) is 0 Å². The Labute approximate surface area is 112 Å². The van der Waals surface area contributed by atoms with Crippen molar-refractivity contribution in [2.75, 3.05) is 13.2 Å². The number of benzene rings is 1. The number of ether oxygens (including phenoxy) is 2. The fourth-order valence-corrected chi connectivity index (χ4v) is 1.48. The number of aliphatic hydroxyl groups is 1. The van der Waals surface area contributed by atoms with Gasteiger partial charge in [-0.15, -0.1) is 0 Å². The number of rotatable bonds is 7. The number of aromatic carboxylic acids is 1. The van der Waals surface area contributed by atoms with Gasteiger partial charge in [0.2, 0.25) is 0 Å². The SMILES string of the molecule is Cc1cc(C(=O)O)ccc1OCC(O)COC(C)C. The van der Waals surface area contributed by atoms with Crippen molar-refractivity contribution in [3.8, 4) is 5.75 Å². The molecule has 5 heteroatoms. The van der Waals surface area contributed by atoms with E-state index in [4.69, 9.17) is 14.6 Å². The zero-order chi connectivity index (χ0) is 14.4. The molecule has 106 valence electrons. The Morgan fingerprint density at radius 3 is 2.53 bits per heavy atom. The summed E-state index contributed by atoms with van der Waals surface area (Å²) in [6.45, 7) is 5.87. The number of carboxylic acid groups (broad SMARTS) is 1. The van der Waals surface area contributed by atoms with Gasteiger partial charge in [-0.3, -0.25) is 0 Å². The van der Waals surface area contributed by atoms with E-state index < -0.39 is 12.1 Å². The maximum atomic E-state index is 10.8. The van der Waals surface area contributed by atoms with Gasteiger partial charge in [0.1, 0.15) is 18.5 Å². The van der Waals surface area contributed by atoms with Crippen molar-refractivity contribution >= 4 is 5.97 Å². The summed E-state index contributed by atoms with van der Waals surface area (Å²) in [5, 5.41) is 18.5. The second-order valence-electron chi connectivity index (χ2n) is 4.63. The van der Waals surface area contributed by atoms with E-state index in [2.05, 4.69) is 0 Å². The molecule has 0 aliphatic carbocycles. The predicted octanol–water partition coefficient (Wildman–Crippen LogP) is 1.86. The summed E-state index contributed by atoms with van der Waals surface area (Å²) in [7, 11) is 0. The summed E-state index contributed by atoms with van der Waals surface area (Å²) < 4.78 is 10.7. The molecular weight excluding hydrogens is 248 g/mol. The molecular formula is C14H20O5. The Kier molecular flexibility index (Phi) is 5.79. The van der Waals surface area contributed by atoms with Gasteiger partial charge in [-0.1, -0.05) is 0 Å². The smallest absolute Gasteiger partial charge is 0.335 e. The maximum Gasteiger partial charge on any atom is 0.335 e. The second kappa shape index (κ2) is 7.11. The fourth-order valence-electron chi connectivity index (χ4n) is 1.48. The first kappa shape index (κ1) is 15.5. The van der Waals surface area contributed by atoms with Crippen LogP contribution in [0.5, 0.6) is 5.75 Å². The second-order valence-corrected chi connectivity index (χ2v) is 4.63. The molecule has 0 heterocycles. The van der Waals surface area contributed by atoms with Crippen LogP contribution in [0.2, 0.25) is 0 Å². The van der Waals surface area contributed by atoms with E-state index in [1.165, 1.54) is 12.1 Å². The lowest BCUT2D eigenvalue weighted by atomic mass is 10.1. The van der Waals surface area contributed by atoms with Crippen LogP contribution in [-0.2, 0) is 4.74 Å². The highest BCUT2D eigenvalue weighted by atomic mass is 16.5. The van der Waals surface area contributed by atoms with Crippen molar-refractivity contribution in [1.29, 1.82) is 0 Å². The number of hydrogen-bond donors (Lipinski definition) is 2. The van der Waals surface area contributed by atoms with Crippen LogP contribution < -0.4 is 4.74 Å². The minimum absolute atomic E-state index is 0.0613. The molecule has 0 bridgehead atoms. The third-order valence-corrected chi connectivity index (χ3v) is 2.48. The van der Waals surface area contributed by atoms with E-state index >= 15 is 0 Å². The first-order chi connectivity index (χ1) is 8.90. The van der Waals surface area contributed by atoms with Gasteiger partial charge in [-0.25, -0.2) is 4.79 Å². The molecule has 1 atom stereocenters. The van der Waals surface area contributed by atoms with Crippen LogP contribution in [0.1, 0.15) is 29.8 Å². The zero-order valence-corrected chi connectivity index (χ0v) is 11.4. The molecule has 0 saturated heterocycles. The third-order valence-electron chi connectivity index (χ3n) is 2.48. The number of hydrogen-bond acceptors (Lipinski definition) is 4. The van der Waals surface area contributed by atoms with E-state index in [0.717, 1.165) is 5.56 Å². The number of carboxylic acids is 1. The lowest BCUT2D eigenvalue weighted by Crippen LogP contribution is -2.25. The quantitative estimate of drug-likeness (QED) is 0.789. The molecule has 0 spiro atoms. The van der Waals surface area contributed by atoms with Gasteiger partial charge in [0.15, 0.2) is 0 Å². The number of carbonyl (C=O) groups is 1. The number of aliphatic hydroxyl groups excluding tert-OH is 1. The van der Waals surface area contributed by atoms with Crippen LogP contribution >= 0.6 is 0 Å². The summed E-state index contributed by atoms with van der Waals surface area (Å²) in [4.78, 5) is 10.8. The molecule has 1 unspecified atom stereocenters. The Hall–Kier alpha value is -1.59. The van der Waals surface area contributed by atoms with E-state index in [1.807, 2.05) is 13.8 Å². The highest BCUT2D eigenvalue weighted by Crippen LogP contribution is 2.19. The highest BCUT2D eigenvalue weighted by Gasteiger charge is 2.10. The Bertz CT molecular complexity index is 428. The molecule has 0 aliphatic heterocycles. The minimum atomic E-state index is -0.972. The topological polar surface area (TPSA) is 76.0 Å². The fraction of sp³-hybridized carbons (Fsp3) is 0.500. The largest absolute Gasteiger partial charge is 0.491 e. The highest BCUT2D eigenvalue weighted by molar-refractivity contribution is 5.88. The van der Waals surface area contributed by atoms with Crippen molar-refractivity contribution in [2.24, 2.45) is 0 Å². The first-order valence-corrected chi connectivity index (χ1v) is 6.16. The summed E-state index contributed by atoms with van der Waals surface area (Å²) >= 11 is 0. The third kappa shape index (κ3) is 5.28. The van der Waals surface area contributed by atoms with Crippen molar-refractivity contribution in [3.05, 3.63) is 29.3 Å². The summed E-state index contributed by atoms with van der Waals surface area (Å²) in [5.74, 6) is -0.409. The molecule has 1 aromatic carbocycles. The predicted molar refractivity (Wildman–Crippen MR) is 70.7 cm³/mol. The van der Waals surface area contributed by atoms with Crippen LogP contribution in [0.25, 0.3) is 0 Å². The molecule has 1 aromatic rings. The molecule has 0 fully saturated rings. The molecule has 5 nitrogen and oxygen atoms in total. The van der Waals surface area contributed by atoms with Crippen LogP contribution in [-0.4, -0.2) is 41.6 Å². The standard InChI is InChI=1S/C14H20O5/c1-9(2)18-7-12(15)8-19-13-5-4-11(14(16)17)6-10(13)3/h4-6,9,12,15H,7-8H2,1-3H3,(H,16,17). The molecule has 19 heavy (non-hydrogen) atoms. The molecule has 0 amide bonds. The van der Waals surface area contributed by atoms with E-state index in [0.29, 0.717) is 5.75 Å². The normalized spacial score (nSPS) is 12.5. The average molecular weight is 268 g/mol. The lowest BCUT2D eigenvalue weighted by molar-refractivity contribution is -0.0123. The van der Waals surface area contributed by atoms with Crippen molar-refractivity contribution in [3.63, 3.8) is 0 Å². The molecule has 0 aromatic heterocycles. The summed E-state index contributed by atoms with van der Waals surface area (Å²) in [5.41, 5.74) is 0.936. The maximum absolute atomic E-state index is 10.8. The summed E-state index contributed by atoms with van der Waals surface area (Å²) in [6.07, 6.45) is -0.646. The van der Waals surface area contributed by atoms with Gasteiger partial charge in [0.25, 0.3) is 0 Å². The molecule has 0 saturated carbocycles. The van der Waals surface area contributed by atoms with Gasteiger partial charge in [-0.05, 0) is 44.5 Å². The van der Waals surface area contributed by atoms with Crippen molar-refractivity contribution in [1.82, 2.24) is 0 Å². The van der Waals surface area contributed by atoms with Crippen molar-refractivity contribution in [2.45, 2.75) is 33.0 Å². The van der Waals surface area contributed by atoms with E-state index in [-0.39, 0.29) is 24.9 Å². The van der Waals surface area contributed by atoms with Gasteiger partial charge in [0, 0.05) is 0 Å².